The van der Waals surface area contributed by atoms with Crippen LogP contribution >= 0.6 is 0 Å². The number of hydrogen-bond acceptors (Lipinski definition) is 4. The largest absolute Gasteiger partial charge is 0.386 e. The quantitative estimate of drug-likeness (QED) is 0.527. The standard InChI is InChI=1S/C9H18N2O3/c1-2-11-8(12)5-10-6-9(13)3-4-14-7-9/h10,13H,2-7H2,1H3,(H,11,12). The van der Waals surface area contributed by atoms with Gasteiger partial charge < -0.3 is 20.5 Å². The molecule has 3 N–H and O–H groups in total. The molecule has 0 radical (unpaired) electrons. The van der Waals surface area contributed by atoms with Gasteiger partial charge in [-0.25, -0.2) is 0 Å². The van der Waals surface area contributed by atoms with Gasteiger partial charge in [-0.2, -0.15) is 0 Å². The molecule has 0 aromatic carbocycles. The molecule has 1 aliphatic rings. The van der Waals surface area contributed by atoms with E-state index < -0.39 is 5.60 Å². The van der Waals surface area contributed by atoms with E-state index in [1.807, 2.05) is 6.92 Å². The Kier molecular flexibility index (Phi) is 4.31. The summed E-state index contributed by atoms with van der Waals surface area (Å²) in [5.41, 5.74) is -0.785. The average molecular weight is 202 g/mol. The third kappa shape index (κ3) is 3.61. The lowest BCUT2D eigenvalue weighted by molar-refractivity contribution is -0.120. The lowest BCUT2D eigenvalue weighted by atomic mass is 10.0. The van der Waals surface area contributed by atoms with Crippen molar-refractivity contribution in [2.45, 2.75) is 18.9 Å². The number of ether oxygens (including phenoxy) is 1. The Labute approximate surface area is 83.8 Å². The zero-order valence-corrected chi connectivity index (χ0v) is 8.51. The molecule has 5 nitrogen and oxygen atoms in total. The van der Waals surface area contributed by atoms with E-state index in [1.165, 1.54) is 0 Å². The molecule has 1 rings (SSSR count). The zero-order chi connectivity index (χ0) is 10.4. The van der Waals surface area contributed by atoms with Crippen LogP contribution in [0, 0.1) is 0 Å². The van der Waals surface area contributed by atoms with Gasteiger partial charge in [-0.1, -0.05) is 0 Å². The molecule has 0 aromatic heterocycles. The van der Waals surface area contributed by atoms with Crippen LogP contribution < -0.4 is 10.6 Å². The maximum Gasteiger partial charge on any atom is 0.233 e. The van der Waals surface area contributed by atoms with Gasteiger partial charge in [0.15, 0.2) is 0 Å². The van der Waals surface area contributed by atoms with Gasteiger partial charge >= 0.3 is 0 Å². The minimum Gasteiger partial charge on any atom is -0.386 e. The number of carbonyl (C=O) groups excluding carboxylic acids is 1. The number of carbonyl (C=O) groups is 1. The summed E-state index contributed by atoms with van der Waals surface area (Å²) in [5, 5.41) is 15.4. The molecular weight excluding hydrogens is 184 g/mol. The number of hydrogen-bond donors (Lipinski definition) is 3. The lowest BCUT2D eigenvalue weighted by Crippen LogP contribution is -2.44. The Balaban J connectivity index is 2.11. The molecule has 0 saturated carbocycles. The molecule has 0 bridgehead atoms. The second kappa shape index (κ2) is 5.29. The van der Waals surface area contributed by atoms with Gasteiger partial charge in [0.1, 0.15) is 5.60 Å². The Morgan fingerprint density at radius 3 is 3.00 bits per heavy atom. The summed E-state index contributed by atoms with van der Waals surface area (Å²) in [5.74, 6) is -0.0463. The van der Waals surface area contributed by atoms with Gasteiger partial charge in [0.2, 0.25) is 5.91 Å². The van der Waals surface area contributed by atoms with Crippen LogP contribution in [0.3, 0.4) is 0 Å². The van der Waals surface area contributed by atoms with Crippen molar-refractivity contribution in [3.05, 3.63) is 0 Å². The molecule has 5 heteroatoms. The summed E-state index contributed by atoms with van der Waals surface area (Å²) in [6, 6.07) is 0. The number of amides is 1. The smallest absolute Gasteiger partial charge is 0.233 e. The van der Waals surface area contributed by atoms with Crippen molar-refractivity contribution in [2.75, 3.05) is 32.8 Å². The van der Waals surface area contributed by atoms with Crippen LogP contribution in [-0.2, 0) is 9.53 Å². The van der Waals surface area contributed by atoms with Gasteiger partial charge in [0.25, 0.3) is 0 Å². The van der Waals surface area contributed by atoms with Gasteiger partial charge in [0.05, 0.1) is 13.2 Å². The minimum absolute atomic E-state index is 0.0463. The first kappa shape index (κ1) is 11.4. The minimum atomic E-state index is -0.785. The molecule has 1 atom stereocenters. The Hall–Kier alpha value is -0.650. The van der Waals surface area contributed by atoms with E-state index >= 15 is 0 Å². The number of aliphatic hydroxyl groups is 1. The van der Waals surface area contributed by atoms with E-state index in [9.17, 15) is 9.90 Å². The van der Waals surface area contributed by atoms with Crippen molar-refractivity contribution in [2.24, 2.45) is 0 Å². The fraction of sp³-hybridized carbons (Fsp3) is 0.889. The van der Waals surface area contributed by atoms with Crippen LogP contribution in [0.5, 0.6) is 0 Å². The van der Waals surface area contributed by atoms with Crippen LogP contribution in [-0.4, -0.2) is 49.5 Å². The van der Waals surface area contributed by atoms with Gasteiger partial charge in [-0.3, -0.25) is 4.79 Å². The van der Waals surface area contributed by atoms with E-state index in [0.717, 1.165) is 0 Å². The van der Waals surface area contributed by atoms with Crippen molar-refractivity contribution in [1.29, 1.82) is 0 Å². The molecule has 14 heavy (non-hydrogen) atoms. The third-order valence-electron chi connectivity index (χ3n) is 2.20. The van der Waals surface area contributed by atoms with E-state index in [-0.39, 0.29) is 12.5 Å². The van der Waals surface area contributed by atoms with E-state index in [0.29, 0.717) is 32.7 Å². The Bertz CT molecular complexity index is 190. The van der Waals surface area contributed by atoms with Crippen molar-refractivity contribution >= 4 is 5.91 Å². The van der Waals surface area contributed by atoms with Crippen molar-refractivity contribution in [1.82, 2.24) is 10.6 Å². The molecule has 1 heterocycles. The second-order valence-corrected chi connectivity index (χ2v) is 3.58. The Morgan fingerprint density at radius 1 is 1.64 bits per heavy atom. The first-order chi connectivity index (χ1) is 6.66. The van der Waals surface area contributed by atoms with Crippen LogP contribution in [0.15, 0.2) is 0 Å². The molecule has 1 saturated heterocycles. The summed E-state index contributed by atoms with van der Waals surface area (Å²) < 4.78 is 5.07. The molecule has 82 valence electrons. The summed E-state index contributed by atoms with van der Waals surface area (Å²) in [6.45, 7) is 4.11. The van der Waals surface area contributed by atoms with Crippen molar-refractivity contribution in [3.63, 3.8) is 0 Å². The summed E-state index contributed by atoms with van der Waals surface area (Å²) >= 11 is 0. The first-order valence-corrected chi connectivity index (χ1v) is 4.94. The monoisotopic (exact) mass is 202 g/mol. The fourth-order valence-corrected chi connectivity index (χ4v) is 1.40. The molecule has 0 spiro atoms. The van der Waals surface area contributed by atoms with Crippen LogP contribution in [0.25, 0.3) is 0 Å². The van der Waals surface area contributed by atoms with Gasteiger partial charge in [-0.15, -0.1) is 0 Å². The van der Waals surface area contributed by atoms with Crippen molar-refractivity contribution < 1.29 is 14.6 Å². The predicted octanol–water partition coefficient (Wildman–Crippen LogP) is -1.14. The average Bonchev–Trinajstić information content (AvgIpc) is 2.53. The number of nitrogens with one attached hydrogen (secondary N) is 2. The van der Waals surface area contributed by atoms with Gasteiger partial charge in [-0.05, 0) is 6.92 Å². The second-order valence-electron chi connectivity index (χ2n) is 3.58. The zero-order valence-electron chi connectivity index (χ0n) is 8.51. The fourth-order valence-electron chi connectivity index (χ4n) is 1.40. The van der Waals surface area contributed by atoms with Crippen LogP contribution in [0.2, 0.25) is 0 Å². The van der Waals surface area contributed by atoms with E-state index in [4.69, 9.17) is 4.74 Å². The Morgan fingerprint density at radius 2 is 2.43 bits per heavy atom. The van der Waals surface area contributed by atoms with Gasteiger partial charge in [0, 0.05) is 26.1 Å². The summed E-state index contributed by atoms with van der Waals surface area (Å²) in [7, 11) is 0. The highest BCUT2D eigenvalue weighted by atomic mass is 16.5. The summed E-state index contributed by atoms with van der Waals surface area (Å²) in [4.78, 5) is 11.0. The maximum absolute atomic E-state index is 11.0. The normalized spacial score (nSPS) is 26.4. The number of likely N-dealkylation sites (N-methyl/N-ethyl adjacent to an activating group) is 1. The van der Waals surface area contributed by atoms with Crippen LogP contribution in [0.4, 0.5) is 0 Å². The summed E-state index contributed by atoms with van der Waals surface area (Å²) in [6.07, 6.45) is 0.634. The van der Waals surface area contributed by atoms with E-state index in [2.05, 4.69) is 10.6 Å². The SMILES string of the molecule is CCNC(=O)CNCC1(O)CCOC1. The van der Waals surface area contributed by atoms with E-state index in [1.54, 1.807) is 0 Å². The third-order valence-corrected chi connectivity index (χ3v) is 2.20. The predicted molar refractivity (Wildman–Crippen MR) is 51.9 cm³/mol. The molecule has 1 aliphatic heterocycles. The molecule has 1 amide bonds. The highest BCUT2D eigenvalue weighted by Crippen LogP contribution is 2.16. The molecule has 0 aromatic rings. The first-order valence-electron chi connectivity index (χ1n) is 4.94. The molecule has 0 aliphatic carbocycles. The van der Waals surface area contributed by atoms with Crippen LogP contribution in [0.1, 0.15) is 13.3 Å². The lowest BCUT2D eigenvalue weighted by Gasteiger charge is -2.20. The topological polar surface area (TPSA) is 70.6 Å². The molecule has 1 unspecified atom stereocenters. The maximum atomic E-state index is 11.0. The van der Waals surface area contributed by atoms with Crippen molar-refractivity contribution in [3.8, 4) is 0 Å². The number of rotatable bonds is 5. The highest BCUT2D eigenvalue weighted by molar-refractivity contribution is 5.77. The molecule has 1 fully saturated rings. The highest BCUT2D eigenvalue weighted by Gasteiger charge is 2.31. The molecular formula is C9H18N2O3.